The summed E-state index contributed by atoms with van der Waals surface area (Å²) >= 11 is 9.26. The number of aldehydes is 1. The van der Waals surface area contributed by atoms with Gasteiger partial charge in [-0.3, -0.25) is 4.79 Å². The third-order valence-electron chi connectivity index (χ3n) is 2.25. The summed E-state index contributed by atoms with van der Waals surface area (Å²) in [7, 11) is 1.85. The molecule has 72 valence electrons. The summed E-state index contributed by atoms with van der Waals surface area (Å²) in [6, 6.07) is 5.55. The van der Waals surface area contributed by atoms with Gasteiger partial charge >= 0.3 is 0 Å². The number of fused-ring (bicyclic) bond motifs is 1. The molecule has 0 radical (unpaired) electrons. The highest BCUT2D eigenvalue weighted by molar-refractivity contribution is 9.10. The minimum Gasteiger partial charge on any atom is -0.340 e. The summed E-state index contributed by atoms with van der Waals surface area (Å²) in [4.78, 5) is 10.8. The van der Waals surface area contributed by atoms with Crippen molar-refractivity contribution in [1.82, 2.24) is 4.57 Å². The van der Waals surface area contributed by atoms with Crippen molar-refractivity contribution in [3.8, 4) is 0 Å². The van der Waals surface area contributed by atoms with Gasteiger partial charge in [-0.1, -0.05) is 11.6 Å². The molecule has 0 aliphatic heterocycles. The van der Waals surface area contributed by atoms with E-state index in [9.17, 15) is 4.79 Å². The van der Waals surface area contributed by atoms with Crippen molar-refractivity contribution < 1.29 is 4.79 Å². The Hall–Kier alpha value is -0.800. The van der Waals surface area contributed by atoms with Crippen LogP contribution in [0.2, 0.25) is 5.02 Å². The van der Waals surface area contributed by atoms with Gasteiger partial charge in [0.15, 0.2) is 6.29 Å². The largest absolute Gasteiger partial charge is 0.340 e. The summed E-state index contributed by atoms with van der Waals surface area (Å²) < 4.78 is 2.63. The molecule has 0 atom stereocenters. The molecule has 0 aliphatic rings. The van der Waals surface area contributed by atoms with E-state index in [1.54, 1.807) is 0 Å². The normalized spacial score (nSPS) is 10.8. The van der Waals surface area contributed by atoms with E-state index in [2.05, 4.69) is 15.9 Å². The quantitative estimate of drug-likeness (QED) is 0.729. The van der Waals surface area contributed by atoms with E-state index in [4.69, 9.17) is 11.6 Å². The molecule has 4 heteroatoms. The Balaban J connectivity index is 2.94. The molecule has 1 heterocycles. The summed E-state index contributed by atoms with van der Waals surface area (Å²) in [5.74, 6) is 0. The highest BCUT2D eigenvalue weighted by Crippen LogP contribution is 2.31. The van der Waals surface area contributed by atoms with Crippen LogP contribution in [0.1, 0.15) is 10.5 Å². The molecule has 14 heavy (non-hydrogen) atoms. The maximum Gasteiger partial charge on any atom is 0.167 e. The van der Waals surface area contributed by atoms with Crippen LogP contribution >= 0.6 is 27.5 Å². The molecule has 0 aliphatic carbocycles. The number of hydrogen-bond donors (Lipinski definition) is 0. The summed E-state index contributed by atoms with van der Waals surface area (Å²) in [5, 5.41) is 1.63. The Morgan fingerprint density at radius 1 is 1.50 bits per heavy atom. The number of rotatable bonds is 1. The molecule has 0 N–H and O–H groups in total. The molecule has 0 bridgehead atoms. The predicted octanol–water partition coefficient (Wildman–Crippen LogP) is 3.41. The van der Waals surface area contributed by atoms with Crippen LogP contribution in [0, 0.1) is 0 Å². The van der Waals surface area contributed by atoms with Gasteiger partial charge in [0.05, 0.1) is 10.2 Å². The molecular formula is C10H7BrClNO. The lowest BCUT2D eigenvalue weighted by molar-refractivity contribution is 0.111. The average Bonchev–Trinajstić information content (AvgIpc) is 2.39. The number of aryl methyl sites for hydroxylation is 1. The fourth-order valence-corrected chi connectivity index (χ4v) is 2.37. The van der Waals surface area contributed by atoms with E-state index in [0.29, 0.717) is 10.7 Å². The first-order chi connectivity index (χ1) is 6.65. The van der Waals surface area contributed by atoms with Crippen LogP contribution < -0.4 is 0 Å². The first-order valence-electron chi connectivity index (χ1n) is 4.03. The fourth-order valence-electron chi connectivity index (χ4n) is 1.52. The lowest BCUT2D eigenvalue weighted by Crippen LogP contribution is -1.93. The van der Waals surface area contributed by atoms with Gasteiger partial charge in [-0.05, 0) is 34.1 Å². The fraction of sp³-hybridized carbons (Fsp3) is 0.100. The highest BCUT2D eigenvalue weighted by Gasteiger charge is 2.11. The van der Waals surface area contributed by atoms with Crippen LogP contribution in [0.4, 0.5) is 0 Å². The maximum absolute atomic E-state index is 10.8. The zero-order chi connectivity index (χ0) is 10.3. The lowest BCUT2D eigenvalue weighted by atomic mass is 10.2. The van der Waals surface area contributed by atoms with Crippen LogP contribution in [-0.4, -0.2) is 10.9 Å². The monoisotopic (exact) mass is 271 g/mol. The first-order valence-corrected chi connectivity index (χ1v) is 5.21. The van der Waals surface area contributed by atoms with E-state index in [0.717, 1.165) is 21.7 Å². The van der Waals surface area contributed by atoms with Crippen molar-refractivity contribution in [2.24, 2.45) is 7.05 Å². The van der Waals surface area contributed by atoms with Crippen LogP contribution in [0.5, 0.6) is 0 Å². The molecular weight excluding hydrogens is 265 g/mol. The zero-order valence-electron chi connectivity index (χ0n) is 7.42. The van der Waals surface area contributed by atoms with Crippen molar-refractivity contribution >= 4 is 44.7 Å². The second-order valence-electron chi connectivity index (χ2n) is 3.04. The molecule has 1 aromatic heterocycles. The molecule has 0 saturated heterocycles. The molecule has 0 spiro atoms. The van der Waals surface area contributed by atoms with Gasteiger partial charge < -0.3 is 4.57 Å². The van der Waals surface area contributed by atoms with Gasteiger partial charge in [-0.15, -0.1) is 0 Å². The minimum atomic E-state index is 0.627. The van der Waals surface area contributed by atoms with E-state index in [1.165, 1.54) is 0 Å². The molecule has 2 nitrogen and oxygen atoms in total. The minimum absolute atomic E-state index is 0.627. The van der Waals surface area contributed by atoms with Gasteiger partial charge in [0, 0.05) is 23.0 Å². The summed E-state index contributed by atoms with van der Waals surface area (Å²) in [6.07, 6.45) is 0.831. The van der Waals surface area contributed by atoms with Crippen molar-refractivity contribution in [2.75, 3.05) is 0 Å². The Kier molecular flexibility index (Phi) is 2.37. The Morgan fingerprint density at radius 3 is 2.86 bits per heavy atom. The number of carbonyl (C=O) groups excluding carboxylic acids is 1. The van der Waals surface area contributed by atoms with Crippen LogP contribution in [0.3, 0.4) is 0 Å². The molecule has 0 unspecified atom stereocenters. The highest BCUT2D eigenvalue weighted by atomic mass is 79.9. The molecule has 2 aromatic rings. The Labute approximate surface area is 94.6 Å². The van der Waals surface area contributed by atoms with E-state index < -0.39 is 0 Å². The Morgan fingerprint density at radius 2 is 2.21 bits per heavy atom. The van der Waals surface area contributed by atoms with E-state index in [1.807, 2.05) is 29.8 Å². The van der Waals surface area contributed by atoms with Crippen LogP contribution in [0.25, 0.3) is 10.9 Å². The van der Waals surface area contributed by atoms with Crippen molar-refractivity contribution in [3.05, 3.63) is 33.4 Å². The van der Waals surface area contributed by atoms with E-state index >= 15 is 0 Å². The van der Waals surface area contributed by atoms with Gasteiger partial charge in [0.2, 0.25) is 0 Å². The molecule has 0 saturated carbocycles. The van der Waals surface area contributed by atoms with Crippen molar-refractivity contribution in [1.29, 1.82) is 0 Å². The second-order valence-corrected chi connectivity index (χ2v) is 4.27. The van der Waals surface area contributed by atoms with Crippen molar-refractivity contribution in [2.45, 2.75) is 0 Å². The standard InChI is InChI=1S/C10H7BrClNO/c1-13-8-3-2-6(12)4-7(8)10(11)9(13)5-14/h2-5H,1H3. The maximum atomic E-state index is 10.8. The summed E-state index contributed by atoms with van der Waals surface area (Å²) in [6.45, 7) is 0. The van der Waals surface area contributed by atoms with Crippen molar-refractivity contribution in [3.63, 3.8) is 0 Å². The SMILES string of the molecule is Cn1c(C=O)c(Br)c2cc(Cl)ccc21. The van der Waals surface area contributed by atoms with Crippen LogP contribution in [0.15, 0.2) is 22.7 Å². The van der Waals surface area contributed by atoms with E-state index in [-0.39, 0.29) is 0 Å². The second kappa shape index (κ2) is 3.41. The number of benzene rings is 1. The molecule has 0 fully saturated rings. The number of hydrogen-bond acceptors (Lipinski definition) is 1. The topological polar surface area (TPSA) is 22.0 Å². The Bertz CT molecular complexity index is 518. The zero-order valence-corrected chi connectivity index (χ0v) is 9.76. The van der Waals surface area contributed by atoms with Gasteiger partial charge in [0.25, 0.3) is 0 Å². The molecule has 2 rings (SSSR count). The van der Waals surface area contributed by atoms with Crippen LogP contribution in [-0.2, 0) is 7.05 Å². The van der Waals surface area contributed by atoms with Gasteiger partial charge in [-0.25, -0.2) is 0 Å². The van der Waals surface area contributed by atoms with Gasteiger partial charge in [-0.2, -0.15) is 0 Å². The predicted molar refractivity (Wildman–Crippen MR) is 61.0 cm³/mol. The third kappa shape index (κ3) is 1.28. The number of halogens is 2. The number of carbonyl (C=O) groups is 1. The average molecular weight is 273 g/mol. The van der Waals surface area contributed by atoms with Gasteiger partial charge in [0.1, 0.15) is 0 Å². The molecule has 1 aromatic carbocycles. The third-order valence-corrected chi connectivity index (χ3v) is 3.32. The smallest absolute Gasteiger partial charge is 0.167 e. The number of aromatic nitrogens is 1. The molecule has 0 amide bonds. The summed E-state index contributed by atoms with van der Waals surface area (Å²) in [5.41, 5.74) is 1.62. The lowest BCUT2D eigenvalue weighted by Gasteiger charge is -1.96. The first kappa shape index (κ1) is 9.74. The number of nitrogens with zero attached hydrogens (tertiary/aromatic N) is 1.